The molecule has 0 aromatic carbocycles. The summed E-state index contributed by atoms with van der Waals surface area (Å²) >= 11 is 1.20. The van der Waals surface area contributed by atoms with Crippen LogP contribution in [0.15, 0.2) is 34.9 Å². The number of hydrogen-bond acceptors (Lipinski definition) is 5. The van der Waals surface area contributed by atoms with E-state index in [1.165, 1.54) is 17.4 Å². The first-order valence-corrected chi connectivity index (χ1v) is 6.03. The van der Waals surface area contributed by atoms with Crippen LogP contribution in [0.4, 0.5) is 5.00 Å². The Kier molecular flexibility index (Phi) is 3.89. The summed E-state index contributed by atoms with van der Waals surface area (Å²) in [7, 11) is 0. The molecule has 0 aliphatic rings. The maximum Gasteiger partial charge on any atom is 0.324 e. The van der Waals surface area contributed by atoms with Crippen LogP contribution in [0.3, 0.4) is 0 Å². The highest BCUT2D eigenvalue weighted by molar-refractivity contribution is 7.15. The van der Waals surface area contributed by atoms with E-state index >= 15 is 0 Å². The minimum atomic E-state index is -0.364. The van der Waals surface area contributed by atoms with E-state index in [9.17, 15) is 10.1 Å². The van der Waals surface area contributed by atoms with Crippen LogP contribution >= 0.6 is 11.3 Å². The molecule has 0 fully saturated rings. The van der Waals surface area contributed by atoms with Gasteiger partial charge < -0.3 is 9.73 Å². The molecule has 0 unspecified atom stereocenters. The fraction of sp³-hybridized carbons (Fsp3) is 0.273. The number of rotatable bonds is 6. The molecule has 2 heterocycles. The van der Waals surface area contributed by atoms with Crippen molar-refractivity contribution in [2.45, 2.75) is 13.0 Å². The molecular weight excluding hydrogens is 240 g/mol. The lowest BCUT2D eigenvalue weighted by molar-refractivity contribution is -0.380. The summed E-state index contributed by atoms with van der Waals surface area (Å²) < 4.78 is 5.19. The van der Waals surface area contributed by atoms with Crippen LogP contribution in [0.5, 0.6) is 0 Å². The number of thiophene rings is 1. The van der Waals surface area contributed by atoms with Crippen molar-refractivity contribution in [3.63, 3.8) is 0 Å². The van der Waals surface area contributed by atoms with Gasteiger partial charge in [-0.25, -0.2) is 0 Å². The lowest BCUT2D eigenvalue weighted by atomic mass is 10.3. The second-order valence-electron chi connectivity index (χ2n) is 3.50. The minimum Gasteiger partial charge on any atom is -0.469 e. The highest BCUT2D eigenvalue weighted by Gasteiger charge is 2.08. The Morgan fingerprint density at radius 2 is 2.29 bits per heavy atom. The SMILES string of the molecule is O=[N+]([O-])c1ccc(CNCCc2ccco2)s1. The average Bonchev–Trinajstić information content (AvgIpc) is 2.96. The molecule has 6 heteroatoms. The third-order valence-corrected chi connectivity index (χ3v) is 3.29. The van der Waals surface area contributed by atoms with Crippen LogP contribution in [0, 0.1) is 10.1 Å². The number of nitro groups is 1. The molecule has 0 amide bonds. The fourth-order valence-electron chi connectivity index (χ4n) is 1.44. The zero-order valence-corrected chi connectivity index (χ0v) is 9.90. The van der Waals surface area contributed by atoms with Crippen molar-refractivity contribution in [1.82, 2.24) is 5.32 Å². The van der Waals surface area contributed by atoms with E-state index in [0.29, 0.717) is 6.54 Å². The summed E-state index contributed by atoms with van der Waals surface area (Å²) in [6, 6.07) is 7.10. The predicted octanol–water partition coefficient (Wildman–Crippen LogP) is 2.58. The largest absolute Gasteiger partial charge is 0.469 e. The van der Waals surface area contributed by atoms with E-state index in [2.05, 4.69) is 5.32 Å². The molecular formula is C11H12N2O3S. The first kappa shape index (κ1) is 11.8. The van der Waals surface area contributed by atoms with E-state index < -0.39 is 0 Å². The van der Waals surface area contributed by atoms with Gasteiger partial charge in [0.2, 0.25) is 0 Å². The van der Waals surface area contributed by atoms with Gasteiger partial charge in [0.15, 0.2) is 0 Å². The molecule has 90 valence electrons. The van der Waals surface area contributed by atoms with E-state index in [-0.39, 0.29) is 9.92 Å². The zero-order valence-electron chi connectivity index (χ0n) is 9.09. The minimum absolute atomic E-state index is 0.188. The van der Waals surface area contributed by atoms with Crippen LogP contribution in [0.2, 0.25) is 0 Å². The third-order valence-electron chi connectivity index (χ3n) is 2.25. The molecule has 0 aliphatic heterocycles. The van der Waals surface area contributed by atoms with Crippen molar-refractivity contribution in [2.24, 2.45) is 0 Å². The van der Waals surface area contributed by atoms with Gasteiger partial charge in [0.05, 0.1) is 11.2 Å². The molecule has 5 nitrogen and oxygen atoms in total. The molecule has 0 bridgehead atoms. The molecule has 0 atom stereocenters. The van der Waals surface area contributed by atoms with Gasteiger partial charge in [-0.1, -0.05) is 11.3 Å². The van der Waals surface area contributed by atoms with Crippen molar-refractivity contribution in [3.05, 3.63) is 51.3 Å². The van der Waals surface area contributed by atoms with Crippen molar-refractivity contribution < 1.29 is 9.34 Å². The second kappa shape index (κ2) is 5.60. The van der Waals surface area contributed by atoms with E-state index in [1.54, 1.807) is 12.3 Å². The highest BCUT2D eigenvalue weighted by atomic mass is 32.1. The normalized spacial score (nSPS) is 10.6. The van der Waals surface area contributed by atoms with Gasteiger partial charge >= 0.3 is 5.00 Å². The predicted molar refractivity (Wildman–Crippen MR) is 65.1 cm³/mol. The Hall–Kier alpha value is -1.66. The van der Waals surface area contributed by atoms with Gasteiger partial charge in [-0.3, -0.25) is 10.1 Å². The topological polar surface area (TPSA) is 68.3 Å². The van der Waals surface area contributed by atoms with Crippen molar-refractivity contribution in [1.29, 1.82) is 0 Å². The Morgan fingerprint density at radius 1 is 1.41 bits per heavy atom. The Balaban J connectivity index is 1.72. The first-order valence-electron chi connectivity index (χ1n) is 5.22. The monoisotopic (exact) mass is 252 g/mol. The molecule has 17 heavy (non-hydrogen) atoms. The molecule has 0 aliphatic carbocycles. The van der Waals surface area contributed by atoms with Gasteiger partial charge in [0, 0.05) is 30.5 Å². The second-order valence-corrected chi connectivity index (χ2v) is 4.65. The zero-order chi connectivity index (χ0) is 12.1. The quantitative estimate of drug-likeness (QED) is 0.487. The van der Waals surface area contributed by atoms with E-state index in [1.807, 2.05) is 12.1 Å². The molecule has 0 spiro atoms. The summed E-state index contributed by atoms with van der Waals surface area (Å²) in [6.45, 7) is 1.44. The number of nitrogens with one attached hydrogen (secondary N) is 1. The lowest BCUT2D eigenvalue weighted by Gasteiger charge is -2.00. The van der Waals surface area contributed by atoms with Gasteiger partial charge in [-0.2, -0.15) is 0 Å². The smallest absolute Gasteiger partial charge is 0.324 e. The Morgan fingerprint density at radius 3 is 2.94 bits per heavy atom. The molecule has 2 aromatic heterocycles. The van der Waals surface area contributed by atoms with Gasteiger partial charge in [0.1, 0.15) is 5.76 Å². The maximum atomic E-state index is 10.5. The standard InChI is InChI=1S/C11H12N2O3S/c14-13(15)11-4-3-10(17-11)8-12-6-5-9-2-1-7-16-9/h1-4,7,12H,5-6,8H2. The van der Waals surface area contributed by atoms with Crippen molar-refractivity contribution >= 4 is 16.3 Å². The van der Waals surface area contributed by atoms with Crippen LogP contribution in [0.25, 0.3) is 0 Å². The van der Waals surface area contributed by atoms with Crippen LogP contribution in [-0.4, -0.2) is 11.5 Å². The number of hydrogen-bond donors (Lipinski definition) is 1. The summed E-state index contributed by atoms with van der Waals surface area (Å²) in [5.74, 6) is 0.940. The summed E-state index contributed by atoms with van der Waals surface area (Å²) in [4.78, 5) is 11.1. The average molecular weight is 252 g/mol. The Labute approximate surface area is 102 Å². The van der Waals surface area contributed by atoms with Gasteiger partial charge in [-0.05, 0) is 18.2 Å². The number of nitrogens with zero attached hydrogens (tertiary/aromatic N) is 1. The van der Waals surface area contributed by atoms with E-state index in [4.69, 9.17) is 4.42 Å². The van der Waals surface area contributed by atoms with E-state index in [0.717, 1.165) is 23.6 Å². The third kappa shape index (κ3) is 3.40. The van der Waals surface area contributed by atoms with Crippen LogP contribution in [-0.2, 0) is 13.0 Å². The first-order chi connectivity index (χ1) is 8.25. The molecule has 0 saturated carbocycles. The van der Waals surface area contributed by atoms with Crippen LogP contribution < -0.4 is 5.32 Å². The highest BCUT2D eigenvalue weighted by Crippen LogP contribution is 2.23. The Bertz CT molecular complexity index is 479. The van der Waals surface area contributed by atoms with Crippen LogP contribution in [0.1, 0.15) is 10.6 Å². The molecule has 0 radical (unpaired) electrons. The van der Waals surface area contributed by atoms with Gasteiger partial charge in [0.25, 0.3) is 0 Å². The number of furan rings is 1. The lowest BCUT2D eigenvalue weighted by Crippen LogP contribution is -2.15. The summed E-state index contributed by atoms with van der Waals surface area (Å²) in [6.07, 6.45) is 2.47. The molecule has 2 rings (SSSR count). The van der Waals surface area contributed by atoms with Crippen molar-refractivity contribution in [2.75, 3.05) is 6.54 Å². The molecule has 2 aromatic rings. The maximum absolute atomic E-state index is 10.5. The summed E-state index contributed by atoms with van der Waals surface area (Å²) in [5, 5.41) is 13.9. The summed E-state index contributed by atoms with van der Waals surface area (Å²) in [5.41, 5.74) is 0. The van der Waals surface area contributed by atoms with Crippen molar-refractivity contribution in [3.8, 4) is 0 Å². The molecule has 1 N–H and O–H groups in total. The fourth-order valence-corrected chi connectivity index (χ4v) is 2.23. The molecule has 0 saturated heterocycles. The van der Waals surface area contributed by atoms with Gasteiger partial charge in [-0.15, -0.1) is 0 Å².